The quantitative estimate of drug-likeness (QED) is 0.233. The fraction of sp³-hybridized carbons (Fsp3) is 0.129. The smallest absolute Gasteiger partial charge is 0.296 e. The Morgan fingerprint density at radius 1 is 0.923 bits per heavy atom. The standard InChI is InChI=1S/C31H23ClN2O5/c1-2-37-25-16-20(11-13-24(25)38-18-19-8-4-3-5-9-19)28-27-29(35)22-17-21(32)12-14-23(22)39-30(27)31(36)34(28)26-10-6-7-15-33-26/h3-17,28H,2,18H2,1H3. The number of aromatic nitrogens is 1. The number of fused-ring (bicyclic) bond motifs is 2. The first kappa shape index (κ1) is 24.7. The number of hydrogen-bond donors (Lipinski definition) is 0. The van der Waals surface area contributed by atoms with E-state index in [0.29, 0.717) is 46.5 Å². The van der Waals surface area contributed by atoms with Crippen molar-refractivity contribution >= 4 is 34.3 Å². The largest absolute Gasteiger partial charge is 0.490 e. The van der Waals surface area contributed by atoms with Crippen LogP contribution in [0.25, 0.3) is 11.0 Å². The second-order valence-corrected chi connectivity index (χ2v) is 9.43. The molecule has 1 unspecified atom stereocenters. The van der Waals surface area contributed by atoms with Crippen molar-refractivity contribution in [1.82, 2.24) is 4.98 Å². The Balaban J connectivity index is 1.50. The van der Waals surface area contributed by atoms with Crippen LogP contribution in [0.3, 0.4) is 0 Å². The third-order valence-corrected chi connectivity index (χ3v) is 6.78. The zero-order valence-corrected chi connectivity index (χ0v) is 21.7. The predicted octanol–water partition coefficient (Wildman–Crippen LogP) is 6.57. The lowest BCUT2D eigenvalue weighted by molar-refractivity contribution is 0.0970. The monoisotopic (exact) mass is 538 g/mol. The molecule has 0 saturated heterocycles. The van der Waals surface area contributed by atoms with Gasteiger partial charge in [-0.3, -0.25) is 14.5 Å². The van der Waals surface area contributed by atoms with Gasteiger partial charge >= 0.3 is 0 Å². The first-order valence-electron chi connectivity index (χ1n) is 12.5. The van der Waals surface area contributed by atoms with Crippen molar-refractivity contribution < 1.29 is 18.7 Å². The third-order valence-electron chi connectivity index (χ3n) is 6.55. The zero-order chi connectivity index (χ0) is 26.9. The number of pyridine rings is 1. The van der Waals surface area contributed by atoms with E-state index < -0.39 is 11.9 Å². The highest BCUT2D eigenvalue weighted by Gasteiger charge is 2.44. The lowest BCUT2D eigenvalue weighted by Gasteiger charge is -2.25. The minimum absolute atomic E-state index is 0.0205. The van der Waals surface area contributed by atoms with E-state index in [4.69, 9.17) is 25.5 Å². The van der Waals surface area contributed by atoms with Crippen molar-refractivity contribution in [2.24, 2.45) is 0 Å². The number of benzene rings is 3. The fourth-order valence-electron chi connectivity index (χ4n) is 4.81. The van der Waals surface area contributed by atoms with Crippen molar-refractivity contribution in [2.45, 2.75) is 19.6 Å². The third kappa shape index (κ3) is 4.51. The summed E-state index contributed by atoms with van der Waals surface area (Å²) < 4.78 is 18.0. The Labute approximate surface area is 229 Å². The van der Waals surface area contributed by atoms with Gasteiger partial charge in [0.05, 0.1) is 23.6 Å². The lowest BCUT2D eigenvalue weighted by atomic mass is 9.98. The number of anilines is 1. The van der Waals surface area contributed by atoms with E-state index in [1.165, 1.54) is 4.90 Å². The van der Waals surface area contributed by atoms with Gasteiger partial charge in [-0.25, -0.2) is 4.98 Å². The van der Waals surface area contributed by atoms with E-state index in [1.807, 2.05) is 43.3 Å². The zero-order valence-electron chi connectivity index (χ0n) is 21.0. The Kier molecular flexibility index (Phi) is 6.50. The first-order valence-corrected chi connectivity index (χ1v) is 12.9. The van der Waals surface area contributed by atoms with Gasteiger partial charge in [0, 0.05) is 11.2 Å². The molecule has 2 aromatic heterocycles. The molecule has 39 heavy (non-hydrogen) atoms. The number of amides is 1. The van der Waals surface area contributed by atoms with Crippen LogP contribution >= 0.6 is 11.6 Å². The normalized spacial score (nSPS) is 14.5. The van der Waals surface area contributed by atoms with Crippen molar-refractivity contribution in [3.05, 3.63) is 129 Å². The maximum absolute atomic E-state index is 13.8. The van der Waals surface area contributed by atoms with E-state index in [0.717, 1.165) is 5.56 Å². The number of rotatable bonds is 7. The van der Waals surface area contributed by atoms with Crippen LogP contribution < -0.4 is 19.8 Å². The average molecular weight is 539 g/mol. The molecule has 0 saturated carbocycles. The van der Waals surface area contributed by atoms with Crippen molar-refractivity contribution in [2.75, 3.05) is 11.5 Å². The summed E-state index contributed by atoms with van der Waals surface area (Å²) in [5.41, 5.74) is 1.85. The van der Waals surface area contributed by atoms with E-state index >= 15 is 0 Å². The molecule has 0 fully saturated rings. The lowest BCUT2D eigenvalue weighted by Crippen LogP contribution is -2.30. The molecular weight excluding hydrogens is 516 g/mol. The second kappa shape index (κ2) is 10.3. The number of ether oxygens (including phenoxy) is 2. The summed E-state index contributed by atoms with van der Waals surface area (Å²) >= 11 is 6.20. The van der Waals surface area contributed by atoms with Crippen LogP contribution in [0.1, 0.15) is 40.2 Å². The molecule has 8 heteroatoms. The predicted molar refractivity (Wildman–Crippen MR) is 149 cm³/mol. The first-order chi connectivity index (χ1) is 19.0. The number of carbonyl (C=O) groups excluding carboxylic acids is 1. The van der Waals surface area contributed by atoms with Crippen LogP contribution in [0.4, 0.5) is 5.82 Å². The highest BCUT2D eigenvalue weighted by Crippen LogP contribution is 2.43. The van der Waals surface area contributed by atoms with E-state index in [9.17, 15) is 9.59 Å². The van der Waals surface area contributed by atoms with Crippen LogP contribution in [-0.2, 0) is 6.61 Å². The Hall–Kier alpha value is -4.62. The molecule has 0 N–H and O–H groups in total. The number of hydrogen-bond acceptors (Lipinski definition) is 6. The molecule has 0 aliphatic carbocycles. The van der Waals surface area contributed by atoms with Crippen LogP contribution in [0.15, 0.2) is 100 Å². The van der Waals surface area contributed by atoms with E-state index in [2.05, 4.69) is 4.98 Å². The summed E-state index contributed by atoms with van der Waals surface area (Å²) in [5, 5.41) is 0.700. The number of halogens is 1. The molecule has 1 amide bonds. The second-order valence-electron chi connectivity index (χ2n) is 8.99. The molecule has 3 heterocycles. The molecule has 5 aromatic rings. The average Bonchev–Trinajstić information content (AvgIpc) is 3.26. The minimum Gasteiger partial charge on any atom is -0.490 e. The van der Waals surface area contributed by atoms with Crippen LogP contribution in [-0.4, -0.2) is 17.5 Å². The Bertz CT molecular complexity index is 1740. The molecule has 1 aliphatic heterocycles. The van der Waals surface area contributed by atoms with Gasteiger partial charge in [-0.05, 0) is 60.5 Å². The summed E-state index contributed by atoms with van der Waals surface area (Å²) in [6.07, 6.45) is 1.60. The fourth-order valence-corrected chi connectivity index (χ4v) is 4.98. The molecule has 0 bridgehead atoms. The van der Waals surface area contributed by atoms with E-state index in [-0.39, 0.29) is 22.3 Å². The van der Waals surface area contributed by atoms with Crippen LogP contribution in [0, 0.1) is 0 Å². The van der Waals surface area contributed by atoms with Gasteiger partial charge in [0.2, 0.25) is 5.76 Å². The summed E-state index contributed by atoms with van der Waals surface area (Å²) in [4.78, 5) is 33.5. The number of nitrogens with zero attached hydrogens (tertiary/aromatic N) is 2. The Morgan fingerprint density at radius 3 is 2.51 bits per heavy atom. The van der Waals surface area contributed by atoms with Gasteiger partial charge < -0.3 is 13.9 Å². The molecule has 1 aliphatic rings. The van der Waals surface area contributed by atoms with Gasteiger partial charge in [-0.15, -0.1) is 0 Å². The maximum atomic E-state index is 13.8. The van der Waals surface area contributed by atoms with Crippen LogP contribution in [0.5, 0.6) is 11.5 Å². The summed E-state index contributed by atoms with van der Waals surface area (Å²) in [7, 11) is 0. The molecular formula is C31H23ClN2O5. The molecule has 0 spiro atoms. The molecule has 7 nitrogen and oxygen atoms in total. The van der Waals surface area contributed by atoms with Crippen molar-refractivity contribution in [3.63, 3.8) is 0 Å². The molecule has 194 valence electrons. The van der Waals surface area contributed by atoms with Gasteiger partial charge in [-0.1, -0.05) is 54.1 Å². The van der Waals surface area contributed by atoms with Gasteiger partial charge in [0.25, 0.3) is 5.91 Å². The highest BCUT2D eigenvalue weighted by atomic mass is 35.5. The van der Waals surface area contributed by atoms with Gasteiger partial charge in [0.1, 0.15) is 18.0 Å². The number of carbonyl (C=O) groups is 1. The summed E-state index contributed by atoms with van der Waals surface area (Å²) in [5.74, 6) is 0.970. The highest BCUT2D eigenvalue weighted by molar-refractivity contribution is 6.31. The van der Waals surface area contributed by atoms with Crippen molar-refractivity contribution in [3.8, 4) is 11.5 Å². The minimum atomic E-state index is -0.801. The molecule has 0 radical (unpaired) electrons. The maximum Gasteiger partial charge on any atom is 0.296 e. The Morgan fingerprint density at radius 2 is 1.74 bits per heavy atom. The molecule has 1 atom stereocenters. The SMILES string of the molecule is CCOc1cc(C2c3c(oc4ccc(Cl)cc4c3=O)C(=O)N2c2ccccn2)ccc1OCc1ccccc1. The molecule has 3 aromatic carbocycles. The van der Waals surface area contributed by atoms with Gasteiger partial charge in [0.15, 0.2) is 16.9 Å². The summed E-state index contributed by atoms with van der Waals surface area (Å²) in [6.45, 7) is 2.65. The van der Waals surface area contributed by atoms with E-state index in [1.54, 1.807) is 54.7 Å². The van der Waals surface area contributed by atoms with Gasteiger partial charge in [-0.2, -0.15) is 0 Å². The molecule has 6 rings (SSSR count). The van der Waals surface area contributed by atoms with Crippen LogP contribution in [0.2, 0.25) is 5.02 Å². The van der Waals surface area contributed by atoms with Crippen molar-refractivity contribution in [1.29, 1.82) is 0 Å². The summed E-state index contributed by atoms with van der Waals surface area (Å²) in [6, 6.07) is 24.5. The topological polar surface area (TPSA) is 81.9 Å².